The normalized spacial score (nSPS) is 25.4. The SMILES string of the molecule is COC(=O)c1ccc(N2CCOC3CCCC32)c(N)c1. The lowest BCUT2D eigenvalue weighted by Gasteiger charge is -2.39. The van der Waals surface area contributed by atoms with Gasteiger partial charge in [-0.25, -0.2) is 4.79 Å². The fraction of sp³-hybridized carbons (Fsp3) is 0.533. The summed E-state index contributed by atoms with van der Waals surface area (Å²) in [5, 5.41) is 0. The Balaban J connectivity index is 1.88. The Labute approximate surface area is 118 Å². The van der Waals surface area contributed by atoms with E-state index in [0.717, 1.165) is 31.7 Å². The number of nitrogens with zero attached hydrogens (tertiary/aromatic N) is 1. The average Bonchev–Trinajstić information content (AvgIpc) is 2.95. The number of esters is 1. The molecule has 2 N–H and O–H groups in total. The zero-order valence-electron chi connectivity index (χ0n) is 11.7. The van der Waals surface area contributed by atoms with Crippen LogP contribution in [0.4, 0.5) is 11.4 Å². The van der Waals surface area contributed by atoms with Crippen molar-refractivity contribution in [2.75, 3.05) is 30.9 Å². The first-order valence-corrected chi connectivity index (χ1v) is 7.07. The lowest BCUT2D eigenvalue weighted by molar-refractivity contribution is 0.0257. The standard InChI is InChI=1S/C15H20N2O3/c1-19-15(18)10-5-6-12(11(16)9-10)17-7-8-20-14-4-2-3-13(14)17/h5-6,9,13-14H,2-4,7-8,16H2,1H3. The summed E-state index contributed by atoms with van der Waals surface area (Å²) in [7, 11) is 1.37. The molecule has 1 aliphatic heterocycles. The summed E-state index contributed by atoms with van der Waals surface area (Å²) in [6.07, 6.45) is 3.79. The Morgan fingerprint density at radius 2 is 2.30 bits per heavy atom. The van der Waals surface area contributed by atoms with Crippen molar-refractivity contribution in [1.82, 2.24) is 0 Å². The molecule has 1 aliphatic carbocycles. The molecule has 20 heavy (non-hydrogen) atoms. The predicted molar refractivity (Wildman–Crippen MR) is 76.9 cm³/mol. The maximum atomic E-state index is 11.5. The first-order valence-electron chi connectivity index (χ1n) is 7.07. The van der Waals surface area contributed by atoms with E-state index in [9.17, 15) is 4.79 Å². The van der Waals surface area contributed by atoms with E-state index in [4.69, 9.17) is 15.2 Å². The molecule has 108 valence electrons. The Hall–Kier alpha value is -1.75. The minimum absolute atomic E-state index is 0.323. The molecule has 2 unspecified atom stereocenters. The fourth-order valence-corrected chi connectivity index (χ4v) is 3.29. The van der Waals surface area contributed by atoms with Gasteiger partial charge in [0.25, 0.3) is 0 Å². The van der Waals surface area contributed by atoms with Gasteiger partial charge in [0.2, 0.25) is 0 Å². The molecule has 1 aromatic rings. The summed E-state index contributed by atoms with van der Waals surface area (Å²) >= 11 is 0. The molecule has 0 bridgehead atoms. The number of hydrogen-bond donors (Lipinski definition) is 1. The Bertz CT molecular complexity index is 518. The lowest BCUT2D eigenvalue weighted by Crippen LogP contribution is -2.48. The molecule has 0 amide bonds. The molecule has 1 saturated carbocycles. The van der Waals surface area contributed by atoms with Gasteiger partial charge in [0.15, 0.2) is 0 Å². The van der Waals surface area contributed by atoms with Gasteiger partial charge < -0.3 is 20.1 Å². The van der Waals surface area contributed by atoms with E-state index in [1.54, 1.807) is 12.1 Å². The van der Waals surface area contributed by atoms with Crippen LogP contribution in [0.2, 0.25) is 0 Å². The minimum Gasteiger partial charge on any atom is -0.465 e. The molecular formula is C15H20N2O3. The van der Waals surface area contributed by atoms with Crippen LogP contribution in [0.3, 0.4) is 0 Å². The second-order valence-corrected chi connectivity index (χ2v) is 5.37. The summed E-state index contributed by atoms with van der Waals surface area (Å²) in [5.74, 6) is -0.357. The number of benzene rings is 1. The highest BCUT2D eigenvalue weighted by Gasteiger charge is 2.36. The number of carbonyl (C=O) groups excluding carboxylic acids is 1. The molecule has 3 rings (SSSR count). The molecule has 2 atom stereocenters. The maximum absolute atomic E-state index is 11.5. The number of hydrogen-bond acceptors (Lipinski definition) is 5. The number of nitrogen functional groups attached to an aromatic ring is 1. The van der Waals surface area contributed by atoms with Gasteiger partial charge in [0.1, 0.15) is 0 Å². The van der Waals surface area contributed by atoms with Crippen LogP contribution in [0.25, 0.3) is 0 Å². The number of rotatable bonds is 2. The highest BCUT2D eigenvalue weighted by Crippen LogP contribution is 2.35. The topological polar surface area (TPSA) is 64.8 Å². The van der Waals surface area contributed by atoms with Crippen molar-refractivity contribution >= 4 is 17.3 Å². The molecule has 0 radical (unpaired) electrons. The van der Waals surface area contributed by atoms with Crippen LogP contribution >= 0.6 is 0 Å². The van der Waals surface area contributed by atoms with Crippen LogP contribution in [0, 0.1) is 0 Å². The summed E-state index contributed by atoms with van der Waals surface area (Å²) < 4.78 is 10.5. The Kier molecular flexibility index (Phi) is 3.53. The molecule has 1 aromatic carbocycles. The molecule has 2 aliphatic rings. The van der Waals surface area contributed by atoms with Crippen molar-refractivity contribution < 1.29 is 14.3 Å². The van der Waals surface area contributed by atoms with Gasteiger partial charge in [-0.2, -0.15) is 0 Å². The zero-order chi connectivity index (χ0) is 14.1. The van der Waals surface area contributed by atoms with Crippen LogP contribution in [0.5, 0.6) is 0 Å². The van der Waals surface area contributed by atoms with Gasteiger partial charge in [0, 0.05) is 6.54 Å². The van der Waals surface area contributed by atoms with E-state index in [1.807, 2.05) is 6.07 Å². The van der Waals surface area contributed by atoms with Gasteiger partial charge in [-0.15, -0.1) is 0 Å². The van der Waals surface area contributed by atoms with Crippen molar-refractivity contribution in [1.29, 1.82) is 0 Å². The molecule has 1 saturated heterocycles. The number of methoxy groups -OCH3 is 1. The Morgan fingerprint density at radius 1 is 1.45 bits per heavy atom. The summed E-state index contributed by atoms with van der Waals surface area (Å²) in [5.41, 5.74) is 8.25. The molecule has 2 fully saturated rings. The van der Waals surface area contributed by atoms with Gasteiger partial charge in [0.05, 0.1) is 42.8 Å². The average molecular weight is 276 g/mol. The lowest BCUT2D eigenvalue weighted by atomic mass is 10.1. The minimum atomic E-state index is -0.357. The van der Waals surface area contributed by atoms with Crippen molar-refractivity contribution in [3.8, 4) is 0 Å². The molecule has 5 heteroatoms. The zero-order valence-corrected chi connectivity index (χ0v) is 11.7. The number of carbonyl (C=O) groups is 1. The fourth-order valence-electron chi connectivity index (χ4n) is 3.29. The summed E-state index contributed by atoms with van der Waals surface area (Å²) in [4.78, 5) is 13.9. The van der Waals surface area contributed by atoms with Crippen LogP contribution in [0.15, 0.2) is 18.2 Å². The highest BCUT2D eigenvalue weighted by molar-refractivity contribution is 5.92. The molecular weight excluding hydrogens is 256 g/mol. The van der Waals surface area contributed by atoms with Gasteiger partial charge >= 0.3 is 5.97 Å². The van der Waals surface area contributed by atoms with Crippen LogP contribution in [-0.2, 0) is 9.47 Å². The third-order valence-electron chi connectivity index (χ3n) is 4.24. The highest BCUT2D eigenvalue weighted by atomic mass is 16.5. The van der Waals surface area contributed by atoms with E-state index in [2.05, 4.69) is 4.90 Å². The van der Waals surface area contributed by atoms with Gasteiger partial charge in [-0.05, 0) is 37.5 Å². The molecule has 1 heterocycles. The van der Waals surface area contributed by atoms with E-state index in [1.165, 1.54) is 13.5 Å². The third kappa shape index (κ3) is 2.22. The van der Waals surface area contributed by atoms with E-state index in [-0.39, 0.29) is 5.97 Å². The molecule has 0 aromatic heterocycles. The van der Waals surface area contributed by atoms with Crippen molar-refractivity contribution in [2.45, 2.75) is 31.4 Å². The summed E-state index contributed by atoms with van der Waals surface area (Å²) in [6.45, 7) is 1.59. The van der Waals surface area contributed by atoms with E-state index < -0.39 is 0 Å². The second-order valence-electron chi connectivity index (χ2n) is 5.37. The largest absolute Gasteiger partial charge is 0.465 e. The van der Waals surface area contributed by atoms with Crippen molar-refractivity contribution in [3.63, 3.8) is 0 Å². The maximum Gasteiger partial charge on any atom is 0.337 e. The van der Waals surface area contributed by atoms with Gasteiger partial charge in [-0.1, -0.05) is 0 Å². The number of morpholine rings is 1. The number of anilines is 2. The Morgan fingerprint density at radius 3 is 3.05 bits per heavy atom. The smallest absolute Gasteiger partial charge is 0.337 e. The third-order valence-corrected chi connectivity index (χ3v) is 4.24. The van der Waals surface area contributed by atoms with Crippen LogP contribution in [-0.4, -0.2) is 38.4 Å². The molecule has 0 spiro atoms. The van der Waals surface area contributed by atoms with Crippen LogP contribution in [0.1, 0.15) is 29.6 Å². The number of ether oxygens (including phenoxy) is 2. The quantitative estimate of drug-likeness (QED) is 0.659. The first kappa shape index (κ1) is 13.2. The van der Waals surface area contributed by atoms with Crippen LogP contribution < -0.4 is 10.6 Å². The first-order chi connectivity index (χ1) is 9.70. The van der Waals surface area contributed by atoms with Crippen molar-refractivity contribution in [3.05, 3.63) is 23.8 Å². The van der Waals surface area contributed by atoms with Crippen molar-refractivity contribution in [2.24, 2.45) is 0 Å². The van der Waals surface area contributed by atoms with Gasteiger partial charge in [-0.3, -0.25) is 0 Å². The number of nitrogens with two attached hydrogens (primary N) is 1. The predicted octanol–water partition coefficient (Wildman–Crippen LogP) is 1.81. The number of fused-ring (bicyclic) bond motifs is 1. The summed E-state index contributed by atoms with van der Waals surface area (Å²) in [6, 6.07) is 5.80. The van der Waals surface area contributed by atoms with E-state index >= 15 is 0 Å². The second kappa shape index (κ2) is 5.32. The monoisotopic (exact) mass is 276 g/mol. The van der Waals surface area contributed by atoms with E-state index in [0.29, 0.717) is 23.4 Å². The molecule has 5 nitrogen and oxygen atoms in total.